The molecule has 1 atom stereocenters. The van der Waals surface area contributed by atoms with Crippen LogP contribution in [0.4, 0.5) is 8.78 Å². The first-order valence-electron chi connectivity index (χ1n) is 9.53. The minimum atomic E-state index is -0.685. The molecule has 9 heteroatoms. The normalized spacial score (nSPS) is 16.3. The van der Waals surface area contributed by atoms with Crippen LogP contribution in [0.2, 0.25) is 0 Å². The van der Waals surface area contributed by atoms with E-state index < -0.39 is 11.6 Å². The lowest BCUT2D eigenvalue weighted by Crippen LogP contribution is -2.38. The minimum absolute atomic E-state index is 0.132. The number of rotatable bonds is 5. The highest BCUT2D eigenvalue weighted by Crippen LogP contribution is 2.26. The van der Waals surface area contributed by atoms with Crippen LogP contribution in [0, 0.1) is 11.6 Å². The molecule has 4 rings (SSSR count). The maximum absolute atomic E-state index is 13.8. The van der Waals surface area contributed by atoms with Gasteiger partial charge >= 0.3 is 0 Å². The van der Waals surface area contributed by atoms with Gasteiger partial charge in [-0.1, -0.05) is 0 Å². The molecule has 2 aromatic heterocycles. The van der Waals surface area contributed by atoms with E-state index in [1.54, 1.807) is 18.5 Å². The van der Waals surface area contributed by atoms with Crippen LogP contribution in [0.15, 0.2) is 36.7 Å². The van der Waals surface area contributed by atoms with Crippen LogP contribution >= 0.6 is 0 Å². The number of benzene rings is 1. The van der Waals surface area contributed by atoms with E-state index in [9.17, 15) is 8.78 Å². The molecule has 0 N–H and O–H groups in total. The quantitative estimate of drug-likeness (QED) is 0.655. The van der Waals surface area contributed by atoms with Crippen molar-refractivity contribution >= 4 is 0 Å². The summed E-state index contributed by atoms with van der Waals surface area (Å²) in [4.78, 5) is 15.7. The molecular weight excluding hydrogens is 378 g/mol. The van der Waals surface area contributed by atoms with Crippen LogP contribution in [0.3, 0.4) is 0 Å². The second kappa shape index (κ2) is 8.30. The largest absolute Gasteiger partial charge is 0.381 e. The fourth-order valence-corrected chi connectivity index (χ4v) is 3.46. The lowest BCUT2D eigenvalue weighted by Gasteiger charge is -2.34. The van der Waals surface area contributed by atoms with E-state index in [4.69, 9.17) is 4.74 Å². The van der Waals surface area contributed by atoms with Crippen molar-refractivity contribution in [1.29, 1.82) is 0 Å². The summed E-state index contributed by atoms with van der Waals surface area (Å²) in [5.74, 6) is -0.359. The fourth-order valence-electron chi connectivity index (χ4n) is 3.46. The molecule has 1 aromatic carbocycles. The van der Waals surface area contributed by atoms with Gasteiger partial charge in [-0.3, -0.25) is 4.90 Å². The van der Waals surface area contributed by atoms with E-state index in [0.717, 1.165) is 32.1 Å². The molecule has 7 nitrogen and oxygen atoms in total. The van der Waals surface area contributed by atoms with Gasteiger partial charge in [-0.15, -0.1) is 0 Å². The van der Waals surface area contributed by atoms with Gasteiger partial charge in [0.25, 0.3) is 5.95 Å². The summed E-state index contributed by atoms with van der Waals surface area (Å²) in [6.45, 7) is 3.46. The van der Waals surface area contributed by atoms with Gasteiger partial charge in [0.15, 0.2) is 11.6 Å². The minimum Gasteiger partial charge on any atom is -0.381 e. The molecule has 0 saturated carbocycles. The molecule has 1 saturated heterocycles. The van der Waals surface area contributed by atoms with Gasteiger partial charge in [0.1, 0.15) is 11.6 Å². The molecule has 0 amide bonds. The van der Waals surface area contributed by atoms with Crippen molar-refractivity contribution in [2.75, 3.05) is 20.3 Å². The van der Waals surface area contributed by atoms with Crippen LogP contribution in [0.25, 0.3) is 17.3 Å². The molecule has 0 radical (unpaired) electrons. The number of halogens is 2. The zero-order valence-electron chi connectivity index (χ0n) is 16.3. The second-order valence-electron chi connectivity index (χ2n) is 7.11. The monoisotopic (exact) mass is 400 g/mol. The average Bonchev–Trinajstić information content (AvgIpc) is 3.27. The molecule has 1 aliphatic rings. The van der Waals surface area contributed by atoms with Gasteiger partial charge in [0, 0.05) is 43.3 Å². The molecule has 3 aromatic rings. The van der Waals surface area contributed by atoms with E-state index in [0.29, 0.717) is 17.8 Å². The van der Waals surface area contributed by atoms with Gasteiger partial charge in [-0.25, -0.2) is 18.4 Å². The highest BCUT2D eigenvalue weighted by molar-refractivity contribution is 5.55. The van der Waals surface area contributed by atoms with Crippen LogP contribution < -0.4 is 0 Å². The van der Waals surface area contributed by atoms with E-state index in [-0.39, 0.29) is 17.4 Å². The Kier molecular flexibility index (Phi) is 5.59. The Bertz CT molecular complexity index is 955. The highest BCUT2D eigenvalue weighted by Gasteiger charge is 2.26. The Labute approximate surface area is 167 Å². The zero-order valence-corrected chi connectivity index (χ0v) is 16.3. The summed E-state index contributed by atoms with van der Waals surface area (Å²) in [5.41, 5.74) is 0.250. The summed E-state index contributed by atoms with van der Waals surface area (Å²) in [6.07, 6.45) is 5.18. The topological polar surface area (TPSA) is 69.0 Å². The number of ether oxygens (including phenoxy) is 1. The highest BCUT2D eigenvalue weighted by atomic mass is 19.1. The average molecular weight is 400 g/mol. The first-order chi connectivity index (χ1) is 14.0. The van der Waals surface area contributed by atoms with Gasteiger partial charge in [-0.05, 0) is 45.0 Å². The third-order valence-electron chi connectivity index (χ3n) is 5.22. The van der Waals surface area contributed by atoms with Crippen LogP contribution in [-0.4, -0.2) is 55.9 Å². The molecule has 1 aliphatic heterocycles. The molecule has 3 heterocycles. The second-order valence-corrected chi connectivity index (χ2v) is 7.11. The Morgan fingerprint density at radius 1 is 1.10 bits per heavy atom. The summed E-state index contributed by atoms with van der Waals surface area (Å²) in [6, 6.07) is 5.21. The zero-order chi connectivity index (χ0) is 20.4. The van der Waals surface area contributed by atoms with E-state index >= 15 is 0 Å². The van der Waals surface area contributed by atoms with Gasteiger partial charge in [0.2, 0.25) is 0 Å². The van der Waals surface area contributed by atoms with Crippen molar-refractivity contribution in [3.05, 3.63) is 54.1 Å². The Morgan fingerprint density at radius 3 is 2.48 bits per heavy atom. The third kappa shape index (κ3) is 4.30. The SMILES string of the molecule is CC(c1nc(-c2cc(F)cc(F)c2)nc(-n2cccn2)n1)N(C)C1CCOCC1. The molecular formula is C20H22F2N6O. The summed E-state index contributed by atoms with van der Waals surface area (Å²) in [7, 11) is 2.03. The maximum Gasteiger partial charge on any atom is 0.254 e. The Balaban J connectivity index is 1.75. The maximum atomic E-state index is 13.8. The lowest BCUT2D eigenvalue weighted by molar-refractivity contribution is 0.0296. The van der Waals surface area contributed by atoms with Crippen molar-refractivity contribution in [2.24, 2.45) is 0 Å². The van der Waals surface area contributed by atoms with E-state index in [2.05, 4.69) is 25.0 Å². The van der Waals surface area contributed by atoms with E-state index in [1.807, 2.05) is 14.0 Å². The molecule has 29 heavy (non-hydrogen) atoms. The molecule has 1 fully saturated rings. The van der Waals surface area contributed by atoms with Gasteiger partial charge in [-0.2, -0.15) is 15.1 Å². The number of nitrogens with zero attached hydrogens (tertiary/aromatic N) is 6. The van der Waals surface area contributed by atoms with Crippen LogP contribution in [0.1, 0.15) is 31.6 Å². The molecule has 152 valence electrons. The van der Waals surface area contributed by atoms with Crippen molar-refractivity contribution in [1.82, 2.24) is 29.6 Å². The predicted molar refractivity (Wildman–Crippen MR) is 102 cm³/mol. The smallest absolute Gasteiger partial charge is 0.254 e. The standard InChI is InChI=1S/C20H22F2N6O/c1-13(27(2)17-4-8-29-9-5-17)18-24-19(14-10-15(21)12-16(22)11-14)26-20(25-18)28-7-3-6-23-28/h3,6-7,10-13,17H,4-5,8-9H2,1-2H3. The number of aromatic nitrogens is 5. The molecule has 0 bridgehead atoms. The first-order valence-corrected chi connectivity index (χ1v) is 9.53. The number of hydrogen-bond acceptors (Lipinski definition) is 6. The first kappa shape index (κ1) is 19.5. The molecule has 1 unspecified atom stereocenters. The summed E-state index contributed by atoms with van der Waals surface area (Å²) < 4.78 is 34.5. The van der Waals surface area contributed by atoms with Crippen molar-refractivity contribution in [3.8, 4) is 17.3 Å². The Morgan fingerprint density at radius 2 is 1.83 bits per heavy atom. The summed E-state index contributed by atoms with van der Waals surface area (Å²) >= 11 is 0. The van der Waals surface area contributed by atoms with Crippen LogP contribution in [0.5, 0.6) is 0 Å². The van der Waals surface area contributed by atoms with E-state index in [1.165, 1.54) is 16.8 Å². The molecule has 0 spiro atoms. The van der Waals surface area contributed by atoms with Crippen molar-refractivity contribution in [2.45, 2.75) is 31.8 Å². The molecule has 0 aliphatic carbocycles. The van der Waals surface area contributed by atoms with Gasteiger partial charge in [0.05, 0.1) is 6.04 Å². The summed E-state index contributed by atoms with van der Waals surface area (Å²) in [5, 5.41) is 4.18. The predicted octanol–water partition coefficient (Wildman–Crippen LogP) is 3.17. The van der Waals surface area contributed by atoms with Crippen molar-refractivity contribution in [3.63, 3.8) is 0 Å². The van der Waals surface area contributed by atoms with Crippen molar-refractivity contribution < 1.29 is 13.5 Å². The fraction of sp³-hybridized carbons (Fsp3) is 0.400. The van der Waals surface area contributed by atoms with Gasteiger partial charge < -0.3 is 4.74 Å². The number of hydrogen-bond donors (Lipinski definition) is 0. The van der Waals surface area contributed by atoms with Crippen LogP contribution in [-0.2, 0) is 4.74 Å². The Hall–Kier alpha value is -2.78. The lowest BCUT2D eigenvalue weighted by atomic mass is 10.1. The third-order valence-corrected chi connectivity index (χ3v) is 5.22.